The summed E-state index contributed by atoms with van der Waals surface area (Å²) in [6.45, 7) is 4.81. The van der Waals surface area contributed by atoms with E-state index in [1.165, 1.54) is 83.5 Å². The van der Waals surface area contributed by atoms with E-state index in [1.54, 1.807) is 0 Å². The smallest absolute Gasteiger partial charge is 0.180 e. The fourth-order valence-corrected chi connectivity index (χ4v) is 3.86. The summed E-state index contributed by atoms with van der Waals surface area (Å²) in [5.41, 5.74) is 0. The van der Waals surface area contributed by atoms with Crippen molar-refractivity contribution in [3.63, 3.8) is 0 Å². The van der Waals surface area contributed by atoms with Crippen molar-refractivity contribution < 1.29 is 32.2 Å². The van der Waals surface area contributed by atoms with Gasteiger partial charge in [-0.05, 0) is 38.5 Å². The molecule has 0 aromatic carbocycles. The zero-order valence-corrected chi connectivity index (χ0v) is 19.9. The van der Waals surface area contributed by atoms with Crippen LogP contribution in [0.3, 0.4) is 0 Å². The summed E-state index contributed by atoms with van der Waals surface area (Å²) in [6.07, 6.45) is 23.6. The van der Waals surface area contributed by atoms with Gasteiger partial charge in [-0.25, -0.2) is 0 Å². The van der Waals surface area contributed by atoms with E-state index in [0.717, 1.165) is 19.5 Å². The van der Waals surface area contributed by atoms with E-state index in [1.807, 2.05) is 0 Å². The summed E-state index contributed by atoms with van der Waals surface area (Å²) < 4.78 is 0.528. The van der Waals surface area contributed by atoms with E-state index < -0.39 is 0 Å². The molecule has 0 saturated carbocycles. The Hall–Kier alpha value is -0.130. The Morgan fingerprint density at radius 2 is 1.03 bits per heavy atom. The van der Waals surface area contributed by atoms with Crippen LogP contribution in [-0.2, 0) is 0 Å². The second-order valence-electron chi connectivity index (χ2n) is 8.39. The maximum Gasteiger partial charge on any atom is 0.180 e. The molecule has 0 aliphatic rings. The minimum Gasteiger partial charge on any atom is -1.00 e. The van der Waals surface area contributed by atoms with Crippen molar-refractivity contribution in [3.8, 4) is 0 Å². The quantitative estimate of drug-likeness (QED) is 0.106. The minimum atomic E-state index is 0. The highest BCUT2D eigenvalue weighted by Crippen LogP contribution is 2.13. The van der Waals surface area contributed by atoms with Crippen molar-refractivity contribution >= 4 is 0 Å². The van der Waals surface area contributed by atoms with Gasteiger partial charge >= 0.3 is 0 Å². The number of hydrogen-bond acceptors (Lipinski definition) is 3. The summed E-state index contributed by atoms with van der Waals surface area (Å²) in [5, 5.41) is 28.1. The van der Waals surface area contributed by atoms with E-state index in [9.17, 15) is 10.2 Å². The molecule has 29 heavy (non-hydrogen) atoms. The average molecular weight is 436 g/mol. The highest BCUT2D eigenvalue weighted by atomic mass is 35.5. The predicted octanol–water partition coefficient (Wildman–Crippen LogP) is 2.17. The Kier molecular flexibility index (Phi) is 25.9. The van der Waals surface area contributed by atoms with E-state index >= 15 is 0 Å². The second-order valence-corrected chi connectivity index (χ2v) is 8.39. The lowest BCUT2D eigenvalue weighted by atomic mass is 10.1. The molecule has 1 atom stereocenters. The van der Waals surface area contributed by atoms with Crippen LogP contribution in [0.4, 0.5) is 0 Å². The van der Waals surface area contributed by atoms with Crippen LogP contribution in [0.2, 0.25) is 0 Å². The number of halogens is 1. The second kappa shape index (κ2) is 24.1. The third-order valence-electron chi connectivity index (χ3n) is 5.81. The van der Waals surface area contributed by atoms with Gasteiger partial charge < -0.3 is 27.7 Å². The Balaban J connectivity index is 0. The largest absolute Gasteiger partial charge is 1.00 e. The van der Waals surface area contributed by atoms with E-state index in [0.29, 0.717) is 17.4 Å². The molecule has 0 aliphatic carbocycles. The molecule has 0 rings (SSSR count). The summed E-state index contributed by atoms with van der Waals surface area (Å²) in [7, 11) is 0. The number of aliphatic hydroxyl groups excluding tert-OH is 3. The summed E-state index contributed by atoms with van der Waals surface area (Å²) in [5.74, 6) is 0. The molecule has 0 aromatic heterocycles. The number of quaternary nitrogens is 1. The molecular weight excluding hydrogens is 386 g/mol. The first-order chi connectivity index (χ1) is 13.7. The normalized spacial score (nSPS) is 13.5. The number of hydrogen-bond donors (Lipinski definition) is 3. The molecule has 0 aliphatic heterocycles. The van der Waals surface area contributed by atoms with E-state index in [-0.39, 0.29) is 32.4 Å². The number of aliphatic hydroxyl groups is 3. The maximum absolute atomic E-state index is 9.73. The molecule has 0 bridgehead atoms. The highest BCUT2D eigenvalue weighted by Gasteiger charge is 2.24. The fraction of sp³-hybridized carbons (Fsp3) is 0.917. The topological polar surface area (TPSA) is 60.7 Å². The highest BCUT2D eigenvalue weighted by molar-refractivity contribution is 4.81. The molecule has 4 nitrogen and oxygen atoms in total. The Labute approximate surface area is 187 Å². The zero-order chi connectivity index (χ0) is 20.8. The van der Waals surface area contributed by atoms with Gasteiger partial charge in [-0.2, -0.15) is 0 Å². The van der Waals surface area contributed by atoms with Gasteiger partial charge in [0.2, 0.25) is 0 Å². The first-order valence-electron chi connectivity index (χ1n) is 12.1. The fourth-order valence-electron chi connectivity index (χ4n) is 3.86. The van der Waals surface area contributed by atoms with Crippen LogP contribution in [0.5, 0.6) is 0 Å². The lowest BCUT2D eigenvalue weighted by Crippen LogP contribution is -3.00. The Morgan fingerprint density at radius 3 is 1.52 bits per heavy atom. The number of nitrogens with zero attached hydrogens (tertiary/aromatic N) is 1. The van der Waals surface area contributed by atoms with E-state index in [2.05, 4.69) is 19.1 Å². The lowest BCUT2D eigenvalue weighted by Gasteiger charge is -2.36. The van der Waals surface area contributed by atoms with Gasteiger partial charge in [0, 0.05) is 13.0 Å². The molecule has 0 saturated heterocycles. The third kappa shape index (κ3) is 19.6. The first kappa shape index (κ1) is 31.1. The monoisotopic (exact) mass is 435 g/mol. The molecule has 0 amide bonds. The molecular formula is C24H50ClNO3. The van der Waals surface area contributed by atoms with Crippen LogP contribution >= 0.6 is 0 Å². The molecule has 0 spiro atoms. The number of allylic oxidation sites excluding steroid dienone is 2. The van der Waals surface area contributed by atoms with Crippen molar-refractivity contribution in [1.82, 2.24) is 0 Å². The van der Waals surface area contributed by atoms with Gasteiger partial charge in [0.05, 0.1) is 19.7 Å². The van der Waals surface area contributed by atoms with Crippen molar-refractivity contribution in [1.29, 1.82) is 0 Å². The number of rotatable bonds is 22. The van der Waals surface area contributed by atoms with Crippen LogP contribution in [0.15, 0.2) is 12.2 Å². The molecule has 3 N–H and O–H groups in total. The van der Waals surface area contributed by atoms with Gasteiger partial charge in [0.15, 0.2) is 6.73 Å². The van der Waals surface area contributed by atoms with Gasteiger partial charge in [-0.1, -0.05) is 70.4 Å². The average Bonchev–Trinajstić information content (AvgIpc) is 2.71. The van der Waals surface area contributed by atoms with Gasteiger partial charge in [-0.3, -0.25) is 4.48 Å². The van der Waals surface area contributed by atoms with Crippen LogP contribution in [0.25, 0.3) is 0 Å². The van der Waals surface area contributed by atoms with Crippen molar-refractivity contribution in [3.05, 3.63) is 12.2 Å². The van der Waals surface area contributed by atoms with Crippen molar-refractivity contribution in [2.75, 3.05) is 39.6 Å². The molecule has 0 heterocycles. The molecule has 5 heteroatoms. The van der Waals surface area contributed by atoms with Crippen molar-refractivity contribution in [2.45, 2.75) is 103 Å². The molecule has 0 radical (unpaired) electrons. The van der Waals surface area contributed by atoms with Gasteiger partial charge in [0.25, 0.3) is 0 Å². The molecule has 0 fully saturated rings. The summed E-state index contributed by atoms with van der Waals surface area (Å²) >= 11 is 0. The van der Waals surface area contributed by atoms with Crippen LogP contribution in [0.1, 0.15) is 103 Å². The van der Waals surface area contributed by atoms with Crippen LogP contribution in [-0.4, -0.2) is 59.4 Å². The van der Waals surface area contributed by atoms with Gasteiger partial charge in [-0.15, -0.1) is 0 Å². The lowest BCUT2D eigenvalue weighted by molar-refractivity contribution is -0.945. The minimum absolute atomic E-state index is 0. The number of unbranched alkanes of at least 4 members (excludes halogenated alkanes) is 12. The van der Waals surface area contributed by atoms with Crippen LogP contribution < -0.4 is 12.4 Å². The standard InChI is InChI=1S/C24H50NO3.ClH/c1-2-3-4-5-6-7-8-9-10-11-12-13-14-15-16-17-19-25(24-28,21-23-27)20-18-22-26;/h9-10,26-28H,2-8,11-24H2,1H3;1H/q+1;/p-1/b10-9-;. The first-order valence-corrected chi connectivity index (χ1v) is 12.1. The Morgan fingerprint density at radius 1 is 0.552 bits per heavy atom. The Bertz CT molecular complexity index is 342. The SMILES string of the molecule is CCCCCCCC/C=C\CCCCCCCC[N+](CO)(CCO)CCCO.[Cl-]. The predicted molar refractivity (Wildman–Crippen MR) is 120 cm³/mol. The summed E-state index contributed by atoms with van der Waals surface area (Å²) in [4.78, 5) is 0. The molecule has 1 unspecified atom stereocenters. The van der Waals surface area contributed by atoms with Crippen LogP contribution in [0, 0.1) is 0 Å². The molecule has 0 aromatic rings. The maximum atomic E-state index is 9.73. The van der Waals surface area contributed by atoms with Crippen molar-refractivity contribution in [2.24, 2.45) is 0 Å². The zero-order valence-electron chi connectivity index (χ0n) is 19.2. The molecule has 176 valence electrons. The summed E-state index contributed by atoms with van der Waals surface area (Å²) in [6, 6.07) is 0. The van der Waals surface area contributed by atoms with Gasteiger partial charge in [0.1, 0.15) is 6.54 Å². The van der Waals surface area contributed by atoms with E-state index in [4.69, 9.17) is 5.11 Å². The third-order valence-corrected chi connectivity index (χ3v) is 5.81.